The van der Waals surface area contributed by atoms with Crippen molar-refractivity contribution >= 4 is 0 Å². The number of nitrogens with zero attached hydrogens (tertiary/aromatic N) is 1. The van der Waals surface area contributed by atoms with Crippen LogP contribution in [-0.4, -0.2) is 23.3 Å². The summed E-state index contributed by atoms with van der Waals surface area (Å²) in [6, 6.07) is 4.88. The summed E-state index contributed by atoms with van der Waals surface area (Å²) in [5, 5.41) is 3.67. The molecule has 1 heterocycles. The second-order valence-electron chi connectivity index (χ2n) is 5.72. The van der Waals surface area contributed by atoms with Crippen LogP contribution in [0.5, 0.6) is 0 Å². The van der Waals surface area contributed by atoms with E-state index in [1.807, 2.05) is 0 Å². The zero-order valence-electron chi connectivity index (χ0n) is 12.1. The average molecular weight is 250 g/mol. The topological polar surface area (TPSA) is 26.2 Å². The molecule has 1 N–H and O–H groups in total. The number of hydrogen-bond donors (Lipinski definition) is 1. The number of hydrogen-bond acceptors (Lipinski definition) is 2. The maximum atomic E-state index is 5.76. The molecule has 0 radical (unpaired) electrons. The monoisotopic (exact) mass is 250 g/mol. The second kappa shape index (κ2) is 5.45. The van der Waals surface area contributed by atoms with E-state index in [1.165, 1.54) is 5.69 Å². The fourth-order valence-corrected chi connectivity index (χ4v) is 2.86. The van der Waals surface area contributed by atoms with Crippen LogP contribution in [-0.2, 0) is 17.8 Å². The van der Waals surface area contributed by atoms with Crippen LogP contribution in [0.4, 0.5) is 0 Å². The third-order valence-electron chi connectivity index (χ3n) is 4.34. The van der Waals surface area contributed by atoms with Crippen LogP contribution in [0.1, 0.15) is 39.8 Å². The molecule has 0 aromatic carbocycles. The van der Waals surface area contributed by atoms with Crippen LogP contribution < -0.4 is 5.32 Å². The van der Waals surface area contributed by atoms with Crippen molar-refractivity contribution in [3.63, 3.8) is 0 Å². The first-order chi connectivity index (χ1) is 8.59. The quantitative estimate of drug-likeness (QED) is 0.840. The summed E-state index contributed by atoms with van der Waals surface area (Å²) in [6.07, 6.45) is 3.69. The predicted molar refractivity (Wildman–Crippen MR) is 74.5 cm³/mol. The van der Waals surface area contributed by atoms with Gasteiger partial charge in [-0.25, -0.2) is 0 Å². The highest BCUT2D eigenvalue weighted by Gasteiger charge is 2.48. The zero-order chi connectivity index (χ0) is 13.2. The molecule has 102 valence electrons. The Balaban J connectivity index is 1.85. The van der Waals surface area contributed by atoms with Gasteiger partial charge in [0.15, 0.2) is 0 Å². The van der Waals surface area contributed by atoms with E-state index < -0.39 is 0 Å². The minimum absolute atomic E-state index is 0.250. The van der Waals surface area contributed by atoms with Gasteiger partial charge in [-0.15, -0.1) is 0 Å². The summed E-state index contributed by atoms with van der Waals surface area (Å²) in [5.41, 5.74) is 1.62. The van der Waals surface area contributed by atoms with E-state index in [9.17, 15) is 0 Å². The van der Waals surface area contributed by atoms with E-state index in [4.69, 9.17) is 4.74 Å². The number of ether oxygens (including phenoxy) is 1. The number of nitrogens with one attached hydrogen (secondary N) is 1. The number of aromatic nitrogens is 1. The Morgan fingerprint density at radius 2 is 2.22 bits per heavy atom. The minimum Gasteiger partial charge on any atom is -0.378 e. The van der Waals surface area contributed by atoms with Gasteiger partial charge in [0.1, 0.15) is 0 Å². The van der Waals surface area contributed by atoms with Crippen molar-refractivity contribution in [2.45, 2.75) is 59.4 Å². The Kier molecular flexibility index (Phi) is 4.13. The van der Waals surface area contributed by atoms with Crippen molar-refractivity contribution in [3.05, 3.63) is 24.0 Å². The van der Waals surface area contributed by atoms with Gasteiger partial charge >= 0.3 is 0 Å². The van der Waals surface area contributed by atoms with Crippen LogP contribution in [0.2, 0.25) is 0 Å². The molecule has 0 amide bonds. The lowest BCUT2D eigenvalue weighted by Crippen LogP contribution is -2.60. The summed E-state index contributed by atoms with van der Waals surface area (Å²) in [4.78, 5) is 0. The largest absolute Gasteiger partial charge is 0.378 e. The molecule has 2 unspecified atom stereocenters. The third-order valence-corrected chi connectivity index (χ3v) is 4.34. The van der Waals surface area contributed by atoms with Crippen LogP contribution >= 0.6 is 0 Å². The van der Waals surface area contributed by atoms with Crippen molar-refractivity contribution in [2.24, 2.45) is 5.41 Å². The molecule has 1 aliphatic carbocycles. The molecule has 0 saturated heterocycles. The SMILES string of the molecule is CCOC1CC(NCc2cccn2CC)C1(C)C. The van der Waals surface area contributed by atoms with E-state index in [1.54, 1.807) is 0 Å². The molecule has 1 aromatic heterocycles. The lowest BCUT2D eigenvalue weighted by atomic mass is 9.64. The number of aryl methyl sites for hydroxylation is 1. The van der Waals surface area contributed by atoms with Crippen LogP contribution in [0.3, 0.4) is 0 Å². The van der Waals surface area contributed by atoms with Gasteiger partial charge in [0.2, 0.25) is 0 Å². The molecule has 0 spiro atoms. The van der Waals surface area contributed by atoms with E-state index in [0.717, 1.165) is 26.1 Å². The maximum Gasteiger partial charge on any atom is 0.0655 e. The molecule has 3 nitrogen and oxygen atoms in total. The molecule has 1 fully saturated rings. The van der Waals surface area contributed by atoms with E-state index in [0.29, 0.717) is 12.1 Å². The molecular formula is C15H26N2O. The smallest absolute Gasteiger partial charge is 0.0655 e. The molecule has 18 heavy (non-hydrogen) atoms. The minimum atomic E-state index is 0.250. The molecular weight excluding hydrogens is 224 g/mol. The Labute approximate surface area is 111 Å². The Hall–Kier alpha value is -0.800. The van der Waals surface area contributed by atoms with Gasteiger partial charge in [0.05, 0.1) is 6.10 Å². The molecule has 1 aromatic rings. The molecule has 1 saturated carbocycles. The van der Waals surface area contributed by atoms with Crippen LogP contribution in [0.25, 0.3) is 0 Å². The number of rotatable bonds is 6. The lowest BCUT2D eigenvalue weighted by molar-refractivity contribution is -0.114. The van der Waals surface area contributed by atoms with Gasteiger partial charge in [-0.1, -0.05) is 13.8 Å². The fourth-order valence-electron chi connectivity index (χ4n) is 2.86. The summed E-state index contributed by atoms with van der Waals surface area (Å²) in [5.74, 6) is 0. The first kappa shape index (κ1) is 13.6. The van der Waals surface area contributed by atoms with Crippen molar-refractivity contribution in [1.29, 1.82) is 0 Å². The van der Waals surface area contributed by atoms with Crippen molar-refractivity contribution in [1.82, 2.24) is 9.88 Å². The summed E-state index contributed by atoms with van der Waals surface area (Å²) >= 11 is 0. The van der Waals surface area contributed by atoms with Crippen molar-refractivity contribution < 1.29 is 4.74 Å². The standard InChI is InChI=1S/C15H26N2O/c1-5-17-9-7-8-12(17)11-16-13-10-14(18-6-2)15(13,3)4/h7-9,13-14,16H,5-6,10-11H2,1-4H3. The zero-order valence-corrected chi connectivity index (χ0v) is 12.1. The average Bonchev–Trinajstić information content (AvgIpc) is 2.80. The Morgan fingerprint density at radius 1 is 1.44 bits per heavy atom. The van der Waals surface area contributed by atoms with E-state index in [2.05, 4.69) is 55.9 Å². The molecule has 2 atom stereocenters. The summed E-state index contributed by atoms with van der Waals surface area (Å²) in [7, 11) is 0. The first-order valence-electron chi connectivity index (χ1n) is 7.08. The summed E-state index contributed by atoms with van der Waals surface area (Å²) in [6.45, 7) is 11.7. The van der Waals surface area contributed by atoms with Gasteiger partial charge in [-0.2, -0.15) is 0 Å². The fraction of sp³-hybridized carbons (Fsp3) is 0.733. The highest BCUT2D eigenvalue weighted by Crippen LogP contribution is 2.42. The third kappa shape index (κ3) is 2.47. The van der Waals surface area contributed by atoms with Gasteiger partial charge in [-0.3, -0.25) is 0 Å². The Bertz CT molecular complexity index is 384. The lowest BCUT2D eigenvalue weighted by Gasteiger charge is -2.52. The first-order valence-corrected chi connectivity index (χ1v) is 7.08. The normalized spacial score (nSPS) is 26.0. The van der Waals surface area contributed by atoms with Crippen LogP contribution in [0.15, 0.2) is 18.3 Å². The van der Waals surface area contributed by atoms with Crippen LogP contribution in [0, 0.1) is 5.41 Å². The van der Waals surface area contributed by atoms with Gasteiger partial charge < -0.3 is 14.6 Å². The molecule has 1 aliphatic rings. The molecule has 0 bridgehead atoms. The highest BCUT2D eigenvalue weighted by molar-refractivity contribution is 5.09. The van der Waals surface area contributed by atoms with Gasteiger partial charge in [-0.05, 0) is 32.4 Å². The van der Waals surface area contributed by atoms with Crippen molar-refractivity contribution in [3.8, 4) is 0 Å². The van der Waals surface area contributed by atoms with Gasteiger partial charge in [0.25, 0.3) is 0 Å². The second-order valence-corrected chi connectivity index (χ2v) is 5.72. The molecule has 2 rings (SSSR count). The molecule has 3 heteroatoms. The predicted octanol–water partition coefficient (Wildman–Crippen LogP) is 2.80. The summed E-state index contributed by atoms with van der Waals surface area (Å²) < 4.78 is 8.05. The molecule has 0 aliphatic heterocycles. The Morgan fingerprint density at radius 3 is 2.83 bits per heavy atom. The van der Waals surface area contributed by atoms with Gasteiger partial charge in [0, 0.05) is 43.0 Å². The van der Waals surface area contributed by atoms with Crippen molar-refractivity contribution in [2.75, 3.05) is 6.61 Å². The maximum absolute atomic E-state index is 5.76. The van der Waals surface area contributed by atoms with E-state index in [-0.39, 0.29) is 5.41 Å². The highest BCUT2D eigenvalue weighted by atomic mass is 16.5. The van der Waals surface area contributed by atoms with E-state index >= 15 is 0 Å².